The minimum atomic E-state index is -0.504. The van der Waals surface area contributed by atoms with E-state index in [0.717, 1.165) is 24.3 Å². The second-order valence-corrected chi connectivity index (χ2v) is 7.65. The number of amides is 4. The van der Waals surface area contributed by atoms with E-state index in [2.05, 4.69) is 33.0 Å². The van der Waals surface area contributed by atoms with Gasteiger partial charge in [0.25, 0.3) is 0 Å². The molecule has 4 amide bonds. The zero-order valence-corrected chi connectivity index (χ0v) is 14.6. The summed E-state index contributed by atoms with van der Waals surface area (Å²) in [6.07, 6.45) is 6.81. The number of carbonyl (C=O) groups excluding carboxylic acids is 3. The van der Waals surface area contributed by atoms with E-state index in [1.54, 1.807) is 0 Å². The van der Waals surface area contributed by atoms with E-state index in [4.69, 9.17) is 0 Å². The number of aryl methyl sites for hydroxylation is 1. The molecule has 1 aromatic rings. The first kappa shape index (κ1) is 16.2. The Labute approximate surface area is 148 Å². The molecule has 132 valence electrons. The van der Waals surface area contributed by atoms with Gasteiger partial charge < -0.3 is 5.32 Å². The number of nitrogens with one attached hydrogen (secondary N) is 2. The molecule has 2 fully saturated rings. The molecular weight excluding hydrogens is 342 g/mol. The van der Waals surface area contributed by atoms with Crippen molar-refractivity contribution in [1.29, 1.82) is 0 Å². The maximum atomic E-state index is 12.6. The normalized spacial score (nSPS) is 29.9. The molecule has 5 rings (SSSR count). The fourth-order valence-electron chi connectivity index (χ4n) is 4.03. The van der Waals surface area contributed by atoms with Crippen LogP contribution in [0.2, 0.25) is 0 Å². The van der Waals surface area contributed by atoms with Crippen LogP contribution in [0.25, 0.3) is 0 Å². The summed E-state index contributed by atoms with van der Waals surface area (Å²) in [6, 6.07) is -0.504. The molecule has 0 unspecified atom stereocenters. The number of aromatic nitrogens is 2. The van der Waals surface area contributed by atoms with Crippen molar-refractivity contribution in [3.05, 3.63) is 17.2 Å². The van der Waals surface area contributed by atoms with Gasteiger partial charge in [0.05, 0.1) is 11.8 Å². The third-order valence-electron chi connectivity index (χ3n) is 5.24. The Balaban J connectivity index is 1.37. The van der Waals surface area contributed by atoms with E-state index in [0.29, 0.717) is 5.13 Å². The molecule has 1 saturated heterocycles. The van der Waals surface area contributed by atoms with Gasteiger partial charge in [0.1, 0.15) is 11.7 Å². The van der Waals surface area contributed by atoms with Crippen LogP contribution in [0.3, 0.4) is 0 Å². The zero-order chi connectivity index (χ0) is 17.6. The average Bonchev–Trinajstić information content (AvgIpc) is 3.18. The average molecular weight is 361 g/mol. The fourth-order valence-corrected chi connectivity index (χ4v) is 4.71. The smallest absolute Gasteiger partial charge is 0.320 e. The van der Waals surface area contributed by atoms with Crippen LogP contribution < -0.4 is 10.6 Å². The Morgan fingerprint density at radius 3 is 2.36 bits per heavy atom. The third kappa shape index (κ3) is 2.72. The van der Waals surface area contributed by atoms with Gasteiger partial charge in [0.15, 0.2) is 0 Å². The molecule has 0 aromatic carbocycles. The lowest BCUT2D eigenvalue weighted by Crippen LogP contribution is -2.43. The second-order valence-electron chi connectivity index (χ2n) is 6.59. The lowest BCUT2D eigenvalue weighted by molar-refractivity contribution is -0.140. The number of imide groups is 1. The van der Waals surface area contributed by atoms with Gasteiger partial charge in [-0.3, -0.25) is 19.8 Å². The number of rotatable bonds is 4. The molecular formula is C16H19N5O3S. The van der Waals surface area contributed by atoms with Crippen LogP contribution in [-0.2, 0) is 16.0 Å². The van der Waals surface area contributed by atoms with Gasteiger partial charge in [-0.25, -0.2) is 4.79 Å². The molecule has 4 atom stereocenters. The van der Waals surface area contributed by atoms with Crippen molar-refractivity contribution in [2.75, 3.05) is 12.0 Å². The predicted octanol–water partition coefficient (Wildman–Crippen LogP) is 1.38. The first-order valence-electron chi connectivity index (χ1n) is 8.49. The number of urea groups is 1. The number of anilines is 1. The molecule has 8 nitrogen and oxygen atoms in total. The summed E-state index contributed by atoms with van der Waals surface area (Å²) in [7, 11) is 0. The van der Waals surface area contributed by atoms with E-state index in [1.165, 1.54) is 16.2 Å². The minimum absolute atomic E-state index is 0.116. The van der Waals surface area contributed by atoms with Crippen molar-refractivity contribution >= 4 is 34.3 Å². The molecule has 25 heavy (non-hydrogen) atoms. The van der Waals surface area contributed by atoms with Crippen molar-refractivity contribution < 1.29 is 14.4 Å². The van der Waals surface area contributed by atoms with Gasteiger partial charge in [-0.2, -0.15) is 0 Å². The number of likely N-dealkylation sites (tertiary alicyclic amines) is 1. The van der Waals surface area contributed by atoms with Gasteiger partial charge >= 0.3 is 6.03 Å². The van der Waals surface area contributed by atoms with Gasteiger partial charge in [0.2, 0.25) is 16.9 Å². The topological polar surface area (TPSA) is 104 Å². The number of nitrogens with zero attached hydrogens (tertiary/aromatic N) is 3. The van der Waals surface area contributed by atoms with Crippen molar-refractivity contribution in [3.63, 3.8) is 0 Å². The highest BCUT2D eigenvalue weighted by Crippen LogP contribution is 2.49. The molecule has 0 radical (unpaired) electrons. The standard InChI is InChI=1S/C16H19N5O3S/c1-2-10-19-20-16(25-10)18-15(24)17-7-21-13(22)11-8-3-4-9(6-5-8)12(11)14(21)23/h3-4,8-9,11-12H,2,5-7H2,1H3,(H2,17,18,20,24)/t8-,9-,11-,12+/m0/s1. The monoisotopic (exact) mass is 361 g/mol. The van der Waals surface area contributed by atoms with E-state index >= 15 is 0 Å². The van der Waals surface area contributed by atoms with Crippen LogP contribution in [0.1, 0.15) is 24.8 Å². The van der Waals surface area contributed by atoms with Gasteiger partial charge in [0, 0.05) is 0 Å². The summed E-state index contributed by atoms with van der Waals surface area (Å²) in [4.78, 5) is 38.4. The number of hydrogen-bond acceptors (Lipinski definition) is 6. The molecule has 3 aliphatic carbocycles. The molecule has 1 aliphatic heterocycles. The maximum Gasteiger partial charge on any atom is 0.322 e. The summed E-state index contributed by atoms with van der Waals surface area (Å²) < 4.78 is 0. The van der Waals surface area contributed by atoms with Crippen LogP contribution in [0, 0.1) is 23.7 Å². The lowest BCUT2D eigenvalue weighted by Gasteiger charge is -2.38. The Morgan fingerprint density at radius 2 is 1.84 bits per heavy atom. The fraction of sp³-hybridized carbons (Fsp3) is 0.562. The molecule has 2 bridgehead atoms. The predicted molar refractivity (Wildman–Crippen MR) is 90.5 cm³/mol. The number of carbonyl (C=O) groups is 3. The maximum absolute atomic E-state index is 12.6. The van der Waals surface area contributed by atoms with Gasteiger partial charge in [-0.15, -0.1) is 10.2 Å². The van der Waals surface area contributed by atoms with E-state index in [1.807, 2.05) is 6.92 Å². The molecule has 4 aliphatic rings. The van der Waals surface area contributed by atoms with Crippen LogP contribution in [0.4, 0.5) is 9.93 Å². The Kier molecular flexibility index (Phi) is 4.03. The molecule has 9 heteroatoms. The summed E-state index contributed by atoms with van der Waals surface area (Å²) in [5.74, 6) is -0.539. The summed E-state index contributed by atoms with van der Waals surface area (Å²) >= 11 is 1.30. The Hall–Kier alpha value is -2.29. The molecule has 1 aromatic heterocycles. The SMILES string of the molecule is CCc1nnc(NC(=O)NCN2C(=O)[C@@H]3[C@H](C2=O)[C@H]2C=C[C@H]3CC2)s1. The van der Waals surface area contributed by atoms with Crippen LogP contribution in [-0.4, -0.2) is 39.6 Å². The Bertz CT molecular complexity index is 729. The minimum Gasteiger partial charge on any atom is -0.320 e. The van der Waals surface area contributed by atoms with Crippen molar-refractivity contribution in [1.82, 2.24) is 20.4 Å². The molecule has 2 heterocycles. The molecule has 2 N–H and O–H groups in total. The van der Waals surface area contributed by atoms with Crippen molar-refractivity contribution in [2.24, 2.45) is 23.7 Å². The third-order valence-corrected chi connectivity index (χ3v) is 6.22. The molecule has 0 spiro atoms. The van der Waals surface area contributed by atoms with E-state index in [-0.39, 0.29) is 42.2 Å². The number of allylic oxidation sites excluding steroid dienone is 2. The van der Waals surface area contributed by atoms with Crippen LogP contribution >= 0.6 is 11.3 Å². The largest absolute Gasteiger partial charge is 0.322 e. The highest BCUT2D eigenvalue weighted by Gasteiger charge is 2.56. The Morgan fingerprint density at radius 1 is 1.20 bits per heavy atom. The second kappa shape index (κ2) is 6.21. The zero-order valence-electron chi connectivity index (χ0n) is 13.8. The summed E-state index contributed by atoms with van der Waals surface area (Å²) in [5, 5.41) is 14.2. The quantitative estimate of drug-likeness (QED) is 0.623. The van der Waals surface area contributed by atoms with E-state index < -0.39 is 6.03 Å². The van der Waals surface area contributed by atoms with Gasteiger partial charge in [-0.05, 0) is 31.1 Å². The highest BCUT2D eigenvalue weighted by atomic mass is 32.1. The van der Waals surface area contributed by atoms with E-state index in [9.17, 15) is 14.4 Å². The van der Waals surface area contributed by atoms with Crippen molar-refractivity contribution in [2.45, 2.75) is 26.2 Å². The van der Waals surface area contributed by atoms with Crippen LogP contribution in [0.15, 0.2) is 12.2 Å². The molecule has 1 saturated carbocycles. The number of hydrogen-bond donors (Lipinski definition) is 2. The van der Waals surface area contributed by atoms with Gasteiger partial charge in [-0.1, -0.05) is 30.4 Å². The highest BCUT2D eigenvalue weighted by molar-refractivity contribution is 7.15. The number of fused-ring (bicyclic) bond motifs is 1. The van der Waals surface area contributed by atoms with Crippen LogP contribution in [0.5, 0.6) is 0 Å². The summed E-state index contributed by atoms with van der Waals surface area (Å²) in [5.41, 5.74) is 0. The first-order valence-corrected chi connectivity index (χ1v) is 9.31. The first-order chi connectivity index (χ1) is 12.1. The van der Waals surface area contributed by atoms with Crippen molar-refractivity contribution in [3.8, 4) is 0 Å². The lowest BCUT2D eigenvalue weighted by atomic mass is 9.63. The summed E-state index contributed by atoms with van der Waals surface area (Å²) in [6.45, 7) is 1.84.